The fraction of sp³-hybridized carbons (Fsp3) is 0.222. The van der Waals surface area contributed by atoms with Crippen LogP contribution in [0.4, 0.5) is 13.2 Å². The zero-order valence-corrected chi connectivity index (χ0v) is 14.5. The topological polar surface area (TPSA) is 48.4 Å². The fourth-order valence-electron chi connectivity index (χ4n) is 1.99. The highest BCUT2D eigenvalue weighted by molar-refractivity contribution is 6.31. The van der Waals surface area contributed by atoms with Gasteiger partial charge in [0.2, 0.25) is 5.88 Å². The van der Waals surface area contributed by atoms with Crippen molar-refractivity contribution in [3.8, 4) is 17.4 Å². The van der Waals surface area contributed by atoms with Crippen molar-refractivity contribution < 1.29 is 27.4 Å². The molecule has 0 amide bonds. The van der Waals surface area contributed by atoms with Gasteiger partial charge in [0.25, 0.3) is 0 Å². The lowest BCUT2D eigenvalue weighted by molar-refractivity contribution is -0.137. The molecule has 1 aromatic carbocycles. The standard InChI is InChI=1S/C18H15ClF3NO3/c1-3-4-12-5-6-14(25-10-11(2)24)8-16(12)26-17-15(19)7-13(9-23-17)18(20,21)22/h3,5-9H,1,4,10H2,2H3. The minimum Gasteiger partial charge on any atom is -0.486 e. The number of carbonyl (C=O) groups is 1. The Balaban J connectivity index is 2.32. The Labute approximate surface area is 153 Å². The van der Waals surface area contributed by atoms with Crippen molar-refractivity contribution in [2.45, 2.75) is 19.5 Å². The summed E-state index contributed by atoms with van der Waals surface area (Å²) in [5.74, 6) is 0.329. The van der Waals surface area contributed by atoms with Gasteiger partial charge in [-0.3, -0.25) is 4.79 Å². The van der Waals surface area contributed by atoms with E-state index in [0.717, 1.165) is 6.07 Å². The van der Waals surface area contributed by atoms with E-state index in [1.165, 1.54) is 13.0 Å². The molecule has 0 aliphatic heterocycles. The molecule has 0 radical (unpaired) electrons. The van der Waals surface area contributed by atoms with Crippen LogP contribution in [0.5, 0.6) is 17.4 Å². The van der Waals surface area contributed by atoms with Gasteiger partial charge in [-0.1, -0.05) is 23.7 Å². The number of pyridine rings is 1. The van der Waals surface area contributed by atoms with Gasteiger partial charge in [0, 0.05) is 12.3 Å². The summed E-state index contributed by atoms with van der Waals surface area (Å²) in [5, 5.41) is -0.278. The highest BCUT2D eigenvalue weighted by Gasteiger charge is 2.31. The molecular formula is C18H15ClF3NO3. The molecule has 0 saturated carbocycles. The number of Topliss-reactive ketones (excluding diaryl/α,β-unsaturated/α-hetero) is 1. The Morgan fingerprint density at radius 3 is 2.65 bits per heavy atom. The number of carbonyl (C=O) groups excluding carboxylic acids is 1. The van der Waals surface area contributed by atoms with Crippen molar-refractivity contribution in [1.82, 2.24) is 4.98 Å². The molecule has 0 bridgehead atoms. The largest absolute Gasteiger partial charge is 0.486 e. The number of hydrogen-bond donors (Lipinski definition) is 0. The predicted molar refractivity (Wildman–Crippen MR) is 90.8 cm³/mol. The van der Waals surface area contributed by atoms with E-state index in [0.29, 0.717) is 29.7 Å². The van der Waals surface area contributed by atoms with Crippen molar-refractivity contribution in [2.24, 2.45) is 0 Å². The zero-order chi connectivity index (χ0) is 19.3. The summed E-state index contributed by atoms with van der Waals surface area (Å²) in [7, 11) is 0. The maximum Gasteiger partial charge on any atom is 0.417 e. The Kier molecular flexibility index (Phi) is 6.26. The Hall–Kier alpha value is -2.54. The van der Waals surface area contributed by atoms with Gasteiger partial charge in [-0.2, -0.15) is 13.2 Å². The molecule has 2 aromatic rings. The molecule has 0 aliphatic rings. The van der Waals surface area contributed by atoms with E-state index in [4.69, 9.17) is 21.1 Å². The number of allylic oxidation sites excluding steroid dienone is 1. The monoisotopic (exact) mass is 385 g/mol. The molecule has 0 aliphatic carbocycles. The second-order valence-corrected chi connectivity index (χ2v) is 5.77. The third kappa shape index (κ3) is 5.23. The summed E-state index contributed by atoms with van der Waals surface area (Å²) in [4.78, 5) is 14.7. The van der Waals surface area contributed by atoms with E-state index in [9.17, 15) is 18.0 Å². The van der Waals surface area contributed by atoms with Crippen molar-refractivity contribution in [3.05, 3.63) is 59.3 Å². The first kappa shape index (κ1) is 19.8. The van der Waals surface area contributed by atoms with E-state index in [1.807, 2.05) is 0 Å². The first-order valence-electron chi connectivity index (χ1n) is 7.47. The SMILES string of the molecule is C=CCc1ccc(OCC(C)=O)cc1Oc1ncc(C(F)(F)F)cc1Cl. The highest BCUT2D eigenvalue weighted by atomic mass is 35.5. The second-order valence-electron chi connectivity index (χ2n) is 5.36. The summed E-state index contributed by atoms with van der Waals surface area (Å²) >= 11 is 5.87. The molecule has 2 rings (SSSR count). The molecule has 0 saturated heterocycles. The number of benzene rings is 1. The van der Waals surface area contributed by atoms with Crippen molar-refractivity contribution in [3.63, 3.8) is 0 Å². The molecule has 0 N–H and O–H groups in total. The molecule has 4 nitrogen and oxygen atoms in total. The van der Waals surface area contributed by atoms with Crippen LogP contribution in [0.2, 0.25) is 5.02 Å². The van der Waals surface area contributed by atoms with Crippen LogP contribution < -0.4 is 9.47 Å². The second kappa shape index (κ2) is 8.23. The Morgan fingerprint density at radius 1 is 1.35 bits per heavy atom. The molecule has 0 atom stereocenters. The molecule has 138 valence electrons. The summed E-state index contributed by atoms with van der Waals surface area (Å²) in [6.07, 6.45) is -1.82. The van der Waals surface area contributed by atoms with Crippen LogP contribution in [0.25, 0.3) is 0 Å². The molecule has 0 unspecified atom stereocenters. The van der Waals surface area contributed by atoms with E-state index < -0.39 is 11.7 Å². The van der Waals surface area contributed by atoms with Crippen LogP contribution in [-0.2, 0) is 17.4 Å². The van der Waals surface area contributed by atoms with E-state index >= 15 is 0 Å². The maximum atomic E-state index is 12.7. The number of halogens is 4. The molecule has 26 heavy (non-hydrogen) atoms. The summed E-state index contributed by atoms with van der Waals surface area (Å²) in [5.41, 5.74) is -0.271. The number of nitrogens with zero attached hydrogens (tertiary/aromatic N) is 1. The van der Waals surface area contributed by atoms with Gasteiger partial charge in [-0.05, 0) is 31.0 Å². The van der Waals surface area contributed by atoms with Gasteiger partial charge in [0.1, 0.15) is 23.1 Å². The van der Waals surface area contributed by atoms with E-state index in [-0.39, 0.29) is 23.3 Å². The van der Waals surface area contributed by atoms with Crippen molar-refractivity contribution >= 4 is 17.4 Å². The van der Waals surface area contributed by atoms with E-state index in [1.54, 1.807) is 18.2 Å². The third-order valence-electron chi connectivity index (χ3n) is 3.19. The molecule has 0 fully saturated rings. The number of ketones is 1. The van der Waals surface area contributed by atoms with Gasteiger partial charge in [0.05, 0.1) is 5.56 Å². The molecular weight excluding hydrogens is 371 g/mol. The molecule has 0 spiro atoms. The lowest BCUT2D eigenvalue weighted by Gasteiger charge is -2.14. The van der Waals surface area contributed by atoms with Gasteiger partial charge < -0.3 is 9.47 Å². The third-order valence-corrected chi connectivity index (χ3v) is 3.46. The average Bonchev–Trinajstić information content (AvgIpc) is 2.56. The smallest absolute Gasteiger partial charge is 0.417 e. The quantitative estimate of drug-likeness (QED) is 0.611. The minimum absolute atomic E-state index is 0.112. The maximum absolute atomic E-state index is 12.7. The summed E-state index contributed by atoms with van der Waals surface area (Å²) < 4.78 is 49.0. The Morgan fingerprint density at radius 2 is 2.08 bits per heavy atom. The first-order chi connectivity index (χ1) is 12.2. The molecule has 8 heteroatoms. The summed E-state index contributed by atoms with van der Waals surface area (Å²) in [6, 6.07) is 5.60. The Bertz CT molecular complexity index is 822. The van der Waals surface area contributed by atoms with Crippen LogP contribution in [-0.4, -0.2) is 17.4 Å². The number of rotatable bonds is 7. The van der Waals surface area contributed by atoms with Gasteiger partial charge in [-0.25, -0.2) is 4.98 Å². The lowest BCUT2D eigenvalue weighted by atomic mass is 10.1. The van der Waals surface area contributed by atoms with Crippen LogP contribution in [0.1, 0.15) is 18.1 Å². The number of aromatic nitrogens is 1. The first-order valence-corrected chi connectivity index (χ1v) is 7.85. The van der Waals surface area contributed by atoms with E-state index in [2.05, 4.69) is 11.6 Å². The summed E-state index contributed by atoms with van der Waals surface area (Å²) in [6.45, 7) is 4.92. The molecule has 1 heterocycles. The van der Waals surface area contributed by atoms with Gasteiger partial charge in [-0.15, -0.1) is 6.58 Å². The molecule has 1 aromatic heterocycles. The lowest BCUT2D eigenvalue weighted by Crippen LogP contribution is -2.07. The van der Waals surface area contributed by atoms with Crippen LogP contribution >= 0.6 is 11.6 Å². The number of hydrogen-bond acceptors (Lipinski definition) is 4. The van der Waals surface area contributed by atoms with Gasteiger partial charge >= 0.3 is 6.18 Å². The van der Waals surface area contributed by atoms with Crippen molar-refractivity contribution in [2.75, 3.05) is 6.61 Å². The van der Waals surface area contributed by atoms with Crippen LogP contribution in [0.3, 0.4) is 0 Å². The predicted octanol–water partition coefficient (Wildman–Crippen LogP) is 5.24. The number of ether oxygens (including phenoxy) is 2. The van der Waals surface area contributed by atoms with Crippen LogP contribution in [0.15, 0.2) is 43.1 Å². The fourth-order valence-corrected chi connectivity index (χ4v) is 2.19. The van der Waals surface area contributed by atoms with Crippen LogP contribution in [0, 0.1) is 0 Å². The highest BCUT2D eigenvalue weighted by Crippen LogP contribution is 2.36. The minimum atomic E-state index is -4.55. The van der Waals surface area contributed by atoms with Crippen molar-refractivity contribution in [1.29, 1.82) is 0 Å². The normalized spacial score (nSPS) is 11.1. The average molecular weight is 386 g/mol. The number of alkyl halides is 3. The van der Waals surface area contributed by atoms with Gasteiger partial charge in [0.15, 0.2) is 5.78 Å². The zero-order valence-electron chi connectivity index (χ0n) is 13.8.